The van der Waals surface area contributed by atoms with Gasteiger partial charge in [-0.05, 0) is 52.0 Å². The SMILES string of the molecule is CC(C)OC(=O)c1c(NC(=O)C(C)n2cc(C(=O)O)cn2)sc2c1CCCC2. The van der Waals surface area contributed by atoms with Gasteiger partial charge in [0, 0.05) is 11.1 Å². The Morgan fingerprint density at radius 3 is 2.61 bits per heavy atom. The van der Waals surface area contributed by atoms with E-state index in [1.54, 1.807) is 20.8 Å². The number of carbonyl (C=O) groups excluding carboxylic acids is 2. The highest BCUT2D eigenvalue weighted by Crippen LogP contribution is 2.39. The number of thiophene rings is 1. The maximum Gasteiger partial charge on any atom is 0.341 e. The summed E-state index contributed by atoms with van der Waals surface area (Å²) in [5, 5.41) is 16.3. The van der Waals surface area contributed by atoms with Crippen LogP contribution < -0.4 is 5.32 Å². The highest BCUT2D eigenvalue weighted by Gasteiger charge is 2.29. The van der Waals surface area contributed by atoms with Gasteiger partial charge in [0.1, 0.15) is 11.0 Å². The van der Waals surface area contributed by atoms with Crippen LogP contribution in [0.25, 0.3) is 0 Å². The second-order valence-electron chi connectivity index (χ2n) is 7.05. The van der Waals surface area contributed by atoms with Crippen molar-refractivity contribution in [3.05, 3.63) is 34.0 Å². The molecule has 9 heteroatoms. The standard InChI is InChI=1S/C19H23N3O5S/c1-10(2)27-19(26)15-13-6-4-5-7-14(13)28-17(15)21-16(23)11(3)22-9-12(8-20-22)18(24)25/h8-11H,4-7H2,1-3H3,(H,21,23)(H,24,25). The fourth-order valence-electron chi connectivity index (χ4n) is 3.14. The molecule has 0 aromatic carbocycles. The maximum absolute atomic E-state index is 12.7. The highest BCUT2D eigenvalue weighted by atomic mass is 32.1. The fraction of sp³-hybridized carbons (Fsp3) is 0.474. The topological polar surface area (TPSA) is 111 Å². The summed E-state index contributed by atoms with van der Waals surface area (Å²) in [6.45, 7) is 5.19. The summed E-state index contributed by atoms with van der Waals surface area (Å²) in [6, 6.07) is -0.735. The van der Waals surface area contributed by atoms with Gasteiger partial charge in [-0.3, -0.25) is 9.48 Å². The molecule has 28 heavy (non-hydrogen) atoms. The van der Waals surface area contributed by atoms with E-state index < -0.39 is 18.0 Å². The first kappa shape index (κ1) is 20.1. The quantitative estimate of drug-likeness (QED) is 0.714. The molecule has 0 saturated heterocycles. The molecule has 2 aromatic rings. The number of amides is 1. The third kappa shape index (κ3) is 4.09. The van der Waals surface area contributed by atoms with E-state index in [0.717, 1.165) is 36.1 Å². The van der Waals surface area contributed by atoms with Crippen molar-refractivity contribution in [3.63, 3.8) is 0 Å². The zero-order chi connectivity index (χ0) is 20.4. The number of ether oxygens (including phenoxy) is 1. The van der Waals surface area contributed by atoms with Crippen LogP contribution in [0.1, 0.15) is 70.8 Å². The molecule has 0 spiro atoms. The first-order chi connectivity index (χ1) is 13.3. The van der Waals surface area contributed by atoms with Crippen molar-refractivity contribution < 1.29 is 24.2 Å². The smallest absolute Gasteiger partial charge is 0.341 e. The van der Waals surface area contributed by atoms with Crippen molar-refractivity contribution in [2.45, 2.75) is 58.6 Å². The monoisotopic (exact) mass is 405 g/mol. The molecule has 0 aliphatic heterocycles. The van der Waals surface area contributed by atoms with Crippen molar-refractivity contribution in [1.29, 1.82) is 0 Å². The van der Waals surface area contributed by atoms with Gasteiger partial charge in [-0.1, -0.05) is 0 Å². The summed E-state index contributed by atoms with van der Waals surface area (Å²) in [7, 11) is 0. The van der Waals surface area contributed by atoms with E-state index in [2.05, 4.69) is 10.4 Å². The van der Waals surface area contributed by atoms with Crippen LogP contribution in [-0.4, -0.2) is 38.8 Å². The number of aromatic nitrogens is 2. The Balaban J connectivity index is 1.86. The normalized spacial score (nSPS) is 14.4. The second-order valence-corrected chi connectivity index (χ2v) is 8.15. The summed E-state index contributed by atoms with van der Waals surface area (Å²) >= 11 is 1.41. The number of fused-ring (bicyclic) bond motifs is 1. The molecule has 8 nitrogen and oxygen atoms in total. The molecule has 1 aliphatic rings. The van der Waals surface area contributed by atoms with Crippen LogP contribution in [0.4, 0.5) is 5.00 Å². The summed E-state index contributed by atoms with van der Waals surface area (Å²) in [5.41, 5.74) is 1.42. The Bertz CT molecular complexity index is 915. The number of carbonyl (C=O) groups is 3. The van der Waals surface area contributed by atoms with E-state index in [9.17, 15) is 14.4 Å². The van der Waals surface area contributed by atoms with E-state index >= 15 is 0 Å². The first-order valence-electron chi connectivity index (χ1n) is 9.21. The van der Waals surface area contributed by atoms with Crippen molar-refractivity contribution in [1.82, 2.24) is 9.78 Å². The number of nitrogens with one attached hydrogen (secondary N) is 1. The lowest BCUT2D eigenvalue weighted by Crippen LogP contribution is -2.25. The number of hydrogen-bond donors (Lipinski definition) is 2. The number of nitrogens with zero attached hydrogens (tertiary/aromatic N) is 2. The predicted molar refractivity (Wildman–Crippen MR) is 104 cm³/mol. The molecule has 0 bridgehead atoms. The van der Waals surface area contributed by atoms with Gasteiger partial charge in [-0.15, -0.1) is 11.3 Å². The zero-order valence-corrected chi connectivity index (χ0v) is 16.8. The second kappa shape index (κ2) is 8.14. The Morgan fingerprint density at radius 2 is 1.96 bits per heavy atom. The minimum absolute atomic E-state index is 0.00689. The first-order valence-corrected chi connectivity index (χ1v) is 10.0. The molecule has 1 unspecified atom stereocenters. The van der Waals surface area contributed by atoms with E-state index in [4.69, 9.17) is 9.84 Å². The van der Waals surface area contributed by atoms with Crippen molar-refractivity contribution >= 4 is 34.2 Å². The lowest BCUT2D eigenvalue weighted by molar-refractivity contribution is -0.119. The van der Waals surface area contributed by atoms with Crippen molar-refractivity contribution in [2.75, 3.05) is 5.32 Å². The number of aryl methyl sites for hydroxylation is 1. The summed E-state index contributed by atoms with van der Waals surface area (Å²) in [5.74, 6) is -1.91. The van der Waals surface area contributed by atoms with Crippen LogP contribution in [0.3, 0.4) is 0 Å². The Hall–Kier alpha value is -2.68. The van der Waals surface area contributed by atoms with Crippen LogP contribution in [0, 0.1) is 0 Å². The van der Waals surface area contributed by atoms with E-state index in [0.29, 0.717) is 10.6 Å². The van der Waals surface area contributed by atoms with Crippen molar-refractivity contribution in [3.8, 4) is 0 Å². The fourth-order valence-corrected chi connectivity index (χ4v) is 4.42. The zero-order valence-electron chi connectivity index (χ0n) is 16.0. The summed E-state index contributed by atoms with van der Waals surface area (Å²) in [6.07, 6.45) is 5.98. The molecular weight excluding hydrogens is 382 g/mol. The van der Waals surface area contributed by atoms with E-state index in [1.807, 2.05) is 0 Å². The average molecular weight is 405 g/mol. The number of hydrogen-bond acceptors (Lipinski definition) is 6. The number of carboxylic acid groups (broad SMARTS) is 1. The van der Waals surface area contributed by atoms with Gasteiger partial charge in [0.05, 0.1) is 23.4 Å². The number of anilines is 1. The molecule has 0 radical (unpaired) electrons. The van der Waals surface area contributed by atoms with E-state index in [-0.39, 0.29) is 17.6 Å². The predicted octanol–water partition coefficient (Wildman–Crippen LogP) is 3.29. The summed E-state index contributed by atoms with van der Waals surface area (Å²) < 4.78 is 6.68. The van der Waals surface area contributed by atoms with Crippen LogP contribution in [0.2, 0.25) is 0 Å². The molecular formula is C19H23N3O5S. The molecule has 0 fully saturated rings. The minimum atomic E-state index is -1.11. The van der Waals surface area contributed by atoms with Gasteiger partial charge in [-0.25, -0.2) is 9.59 Å². The molecule has 1 atom stereocenters. The molecule has 0 saturated carbocycles. The third-order valence-corrected chi connectivity index (χ3v) is 5.79. The van der Waals surface area contributed by atoms with Crippen molar-refractivity contribution in [2.24, 2.45) is 0 Å². The Labute approximate surface area is 166 Å². The van der Waals surface area contributed by atoms with Crippen LogP contribution in [0.15, 0.2) is 12.4 Å². The molecule has 3 rings (SSSR count). The van der Waals surface area contributed by atoms with Gasteiger partial charge in [0.25, 0.3) is 0 Å². The lowest BCUT2D eigenvalue weighted by atomic mass is 9.95. The molecule has 2 heterocycles. The molecule has 2 N–H and O–H groups in total. The van der Waals surface area contributed by atoms with E-state index in [1.165, 1.54) is 28.4 Å². The summed E-state index contributed by atoms with van der Waals surface area (Å²) in [4.78, 5) is 37.5. The minimum Gasteiger partial charge on any atom is -0.478 e. The molecule has 1 aliphatic carbocycles. The lowest BCUT2D eigenvalue weighted by Gasteiger charge is -2.15. The molecule has 1 amide bonds. The number of aromatic carboxylic acids is 1. The van der Waals surface area contributed by atoms with Gasteiger partial charge in [0.2, 0.25) is 5.91 Å². The molecule has 2 aromatic heterocycles. The number of esters is 1. The number of rotatable bonds is 6. The van der Waals surface area contributed by atoms with Gasteiger partial charge >= 0.3 is 11.9 Å². The Kier molecular flexibility index (Phi) is 5.83. The average Bonchev–Trinajstić information content (AvgIpc) is 3.25. The molecule has 150 valence electrons. The van der Waals surface area contributed by atoms with Gasteiger partial charge < -0.3 is 15.2 Å². The highest BCUT2D eigenvalue weighted by molar-refractivity contribution is 7.17. The maximum atomic E-state index is 12.7. The third-order valence-electron chi connectivity index (χ3n) is 4.58. The van der Waals surface area contributed by atoms with Gasteiger partial charge in [-0.2, -0.15) is 5.10 Å². The van der Waals surface area contributed by atoms with Crippen LogP contribution in [0.5, 0.6) is 0 Å². The van der Waals surface area contributed by atoms with Crippen LogP contribution in [-0.2, 0) is 22.4 Å². The largest absolute Gasteiger partial charge is 0.478 e. The number of carboxylic acids is 1. The van der Waals surface area contributed by atoms with Gasteiger partial charge in [0.15, 0.2) is 0 Å². The Morgan fingerprint density at radius 1 is 1.25 bits per heavy atom. The van der Waals surface area contributed by atoms with Crippen LogP contribution >= 0.6 is 11.3 Å².